The summed E-state index contributed by atoms with van der Waals surface area (Å²) in [4.78, 5) is 23.9. The molecule has 1 atom stereocenters. The molecule has 1 unspecified atom stereocenters. The number of aryl methyl sites for hydroxylation is 1. The number of fused-ring (bicyclic) bond motifs is 3. The number of aliphatic hydroxyl groups is 1. The topological polar surface area (TPSA) is 88.8 Å². The van der Waals surface area contributed by atoms with Crippen LogP contribution in [-0.2, 0) is 17.6 Å². The Hall–Kier alpha value is -2.34. The molecule has 2 N–H and O–H groups in total. The van der Waals surface area contributed by atoms with E-state index in [1.807, 2.05) is 6.07 Å². The molecule has 128 valence electrons. The minimum Gasteiger partial charge on any atom is -0.481 e. The van der Waals surface area contributed by atoms with Crippen molar-refractivity contribution < 1.29 is 19.1 Å². The third-order valence-corrected chi connectivity index (χ3v) is 4.26. The van der Waals surface area contributed by atoms with E-state index in [0.717, 1.165) is 35.8 Å². The van der Waals surface area contributed by atoms with Crippen LogP contribution in [0.15, 0.2) is 27.4 Å². The van der Waals surface area contributed by atoms with Crippen molar-refractivity contribution in [2.24, 2.45) is 0 Å². The Labute approximate surface area is 139 Å². The summed E-state index contributed by atoms with van der Waals surface area (Å²) in [5.41, 5.74) is 2.07. The molecular formula is C18H21NO5. The Morgan fingerprint density at radius 3 is 2.96 bits per heavy atom. The second-order valence-electron chi connectivity index (χ2n) is 5.99. The van der Waals surface area contributed by atoms with Crippen LogP contribution in [0.3, 0.4) is 0 Å². The summed E-state index contributed by atoms with van der Waals surface area (Å²) < 4.78 is 11.0. The minimum atomic E-state index is -0.678. The number of aliphatic hydroxyl groups excluding tert-OH is 1. The smallest absolute Gasteiger partial charge is 0.339 e. The molecule has 0 saturated heterocycles. The van der Waals surface area contributed by atoms with Gasteiger partial charge >= 0.3 is 5.63 Å². The minimum absolute atomic E-state index is 0.0313. The fraction of sp³-hybridized carbons (Fsp3) is 0.444. The summed E-state index contributed by atoms with van der Waals surface area (Å²) in [7, 11) is 0. The number of ether oxygens (including phenoxy) is 1. The van der Waals surface area contributed by atoms with E-state index in [0.29, 0.717) is 24.3 Å². The zero-order valence-electron chi connectivity index (χ0n) is 13.6. The van der Waals surface area contributed by atoms with E-state index >= 15 is 0 Å². The Morgan fingerprint density at radius 2 is 2.17 bits per heavy atom. The molecule has 1 aliphatic carbocycles. The number of hydrogen-bond acceptors (Lipinski definition) is 5. The Balaban J connectivity index is 1.78. The van der Waals surface area contributed by atoms with Gasteiger partial charge in [-0.25, -0.2) is 4.79 Å². The monoisotopic (exact) mass is 331 g/mol. The van der Waals surface area contributed by atoms with Crippen molar-refractivity contribution in [3.63, 3.8) is 0 Å². The highest BCUT2D eigenvalue weighted by Crippen LogP contribution is 2.29. The predicted molar refractivity (Wildman–Crippen MR) is 89.3 cm³/mol. The Morgan fingerprint density at radius 1 is 1.38 bits per heavy atom. The summed E-state index contributed by atoms with van der Waals surface area (Å²) in [5, 5.41) is 12.3. The maximum absolute atomic E-state index is 12.0. The summed E-state index contributed by atoms with van der Waals surface area (Å²) in [6.07, 6.45) is 2.47. The summed E-state index contributed by atoms with van der Waals surface area (Å²) in [5.74, 6) is 0.229. The first-order chi connectivity index (χ1) is 11.6. The Kier molecular flexibility index (Phi) is 4.85. The van der Waals surface area contributed by atoms with Gasteiger partial charge in [-0.3, -0.25) is 4.79 Å². The van der Waals surface area contributed by atoms with Crippen molar-refractivity contribution in [2.75, 3.05) is 13.2 Å². The molecule has 0 spiro atoms. The fourth-order valence-electron chi connectivity index (χ4n) is 3.03. The number of nitrogens with one attached hydrogen (secondary N) is 1. The number of carbonyl (C=O) groups excluding carboxylic acids is 1. The van der Waals surface area contributed by atoms with Gasteiger partial charge in [0.25, 0.3) is 5.91 Å². The average Bonchev–Trinajstić information content (AvgIpc) is 3.05. The van der Waals surface area contributed by atoms with E-state index in [2.05, 4.69) is 5.32 Å². The van der Waals surface area contributed by atoms with Crippen molar-refractivity contribution in [3.8, 4) is 5.75 Å². The van der Waals surface area contributed by atoms with Gasteiger partial charge < -0.3 is 19.6 Å². The van der Waals surface area contributed by atoms with E-state index in [-0.39, 0.29) is 18.1 Å². The first-order valence-corrected chi connectivity index (χ1v) is 8.24. The molecule has 1 aromatic carbocycles. The standard InChI is InChI=1S/C18H21NO5/c1-11(17(21)19-8-3-9-20)23-12-6-7-14-13-4-2-5-15(13)18(22)24-16(14)10-12/h6-7,10-11,20H,2-5,8-9H2,1H3,(H,19,21). The van der Waals surface area contributed by atoms with Crippen LogP contribution >= 0.6 is 0 Å². The maximum atomic E-state index is 12.0. The summed E-state index contributed by atoms with van der Waals surface area (Å²) >= 11 is 0. The second kappa shape index (κ2) is 7.05. The lowest BCUT2D eigenvalue weighted by Crippen LogP contribution is -2.37. The van der Waals surface area contributed by atoms with Crippen LogP contribution in [0.2, 0.25) is 0 Å². The van der Waals surface area contributed by atoms with Crippen molar-refractivity contribution in [3.05, 3.63) is 39.7 Å². The second-order valence-corrected chi connectivity index (χ2v) is 5.99. The molecule has 0 aliphatic heterocycles. The van der Waals surface area contributed by atoms with Gasteiger partial charge in [-0.15, -0.1) is 0 Å². The molecule has 0 fully saturated rings. The number of hydrogen-bond donors (Lipinski definition) is 2. The molecule has 2 aromatic rings. The van der Waals surface area contributed by atoms with Gasteiger partial charge in [-0.05, 0) is 50.3 Å². The van der Waals surface area contributed by atoms with Crippen LogP contribution in [0.4, 0.5) is 0 Å². The van der Waals surface area contributed by atoms with Crippen molar-refractivity contribution in [1.29, 1.82) is 0 Å². The summed E-state index contributed by atoms with van der Waals surface area (Å²) in [6, 6.07) is 5.33. The SMILES string of the molecule is CC(Oc1ccc2c3c(c(=O)oc2c1)CCC3)C(=O)NCCCO. The molecule has 1 aromatic heterocycles. The van der Waals surface area contributed by atoms with E-state index in [9.17, 15) is 9.59 Å². The van der Waals surface area contributed by atoms with Gasteiger partial charge in [0.2, 0.25) is 0 Å². The van der Waals surface area contributed by atoms with Gasteiger partial charge in [-0.1, -0.05) is 0 Å². The average molecular weight is 331 g/mol. The van der Waals surface area contributed by atoms with Crippen molar-refractivity contribution >= 4 is 16.9 Å². The zero-order valence-corrected chi connectivity index (χ0v) is 13.6. The molecule has 0 bridgehead atoms. The molecule has 1 heterocycles. The van der Waals surface area contributed by atoms with Gasteiger partial charge in [0.05, 0.1) is 0 Å². The highest BCUT2D eigenvalue weighted by molar-refractivity contribution is 5.84. The molecule has 0 saturated carbocycles. The van der Waals surface area contributed by atoms with Crippen molar-refractivity contribution in [1.82, 2.24) is 5.32 Å². The predicted octanol–water partition coefficient (Wildman–Crippen LogP) is 1.55. The third kappa shape index (κ3) is 3.28. The van der Waals surface area contributed by atoms with E-state index < -0.39 is 6.10 Å². The quantitative estimate of drug-likeness (QED) is 0.619. The van der Waals surface area contributed by atoms with Crippen LogP contribution in [0.25, 0.3) is 11.0 Å². The number of rotatable bonds is 6. The van der Waals surface area contributed by atoms with Crippen LogP contribution in [-0.4, -0.2) is 30.3 Å². The molecule has 3 rings (SSSR count). The molecule has 24 heavy (non-hydrogen) atoms. The van der Waals surface area contributed by atoms with Crippen LogP contribution < -0.4 is 15.7 Å². The highest BCUT2D eigenvalue weighted by Gasteiger charge is 2.20. The highest BCUT2D eigenvalue weighted by atomic mass is 16.5. The molecular weight excluding hydrogens is 310 g/mol. The van der Waals surface area contributed by atoms with E-state index in [1.165, 1.54) is 0 Å². The number of amides is 1. The van der Waals surface area contributed by atoms with Gasteiger partial charge in [0.15, 0.2) is 6.10 Å². The van der Waals surface area contributed by atoms with E-state index in [4.69, 9.17) is 14.3 Å². The normalized spacial score (nSPS) is 14.4. The molecule has 0 radical (unpaired) electrons. The first-order valence-electron chi connectivity index (χ1n) is 8.24. The van der Waals surface area contributed by atoms with Gasteiger partial charge in [0, 0.05) is 30.2 Å². The zero-order chi connectivity index (χ0) is 17.1. The lowest BCUT2D eigenvalue weighted by Gasteiger charge is -2.15. The fourth-order valence-corrected chi connectivity index (χ4v) is 3.03. The largest absolute Gasteiger partial charge is 0.481 e. The van der Waals surface area contributed by atoms with Crippen molar-refractivity contribution in [2.45, 2.75) is 38.7 Å². The molecule has 1 amide bonds. The number of benzene rings is 1. The van der Waals surface area contributed by atoms with Crippen LogP contribution in [0.5, 0.6) is 5.75 Å². The lowest BCUT2D eigenvalue weighted by molar-refractivity contribution is -0.127. The maximum Gasteiger partial charge on any atom is 0.339 e. The summed E-state index contributed by atoms with van der Waals surface area (Å²) in [6.45, 7) is 2.09. The first kappa shape index (κ1) is 16.5. The van der Waals surface area contributed by atoms with Crippen LogP contribution in [0.1, 0.15) is 30.9 Å². The Bertz CT molecular complexity index is 811. The van der Waals surface area contributed by atoms with Gasteiger partial charge in [-0.2, -0.15) is 0 Å². The molecule has 1 aliphatic rings. The third-order valence-electron chi connectivity index (χ3n) is 4.26. The van der Waals surface area contributed by atoms with E-state index in [1.54, 1.807) is 19.1 Å². The van der Waals surface area contributed by atoms with Gasteiger partial charge in [0.1, 0.15) is 11.3 Å². The lowest BCUT2D eigenvalue weighted by atomic mass is 10.1. The van der Waals surface area contributed by atoms with Crippen LogP contribution in [0, 0.1) is 0 Å². The molecule has 6 nitrogen and oxygen atoms in total. The molecule has 6 heteroatoms. The number of carbonyl (C=O) groups is 1.